The monoisotopic (exact) mass is 452 g/mol. The van der Waals surface area contributed by atoms with Gasteiger partial charge < -0.3 is 20.5 Å². The van der Waals surface area contributed by atoms with Gasteiger partial charge in [-0.2, -0.15) is 5.26 Å². The van der Waals surface area contributed by atoms with Crippen LogP contribution in [0.3, 0.4) is 0 Å². The van der Waals surface area contributed by atoms with Gasteiger partial charge in [0.15, 0.2) is 0 Å². The number of methoxy groups -OCH3 is 1. The first-order valence-electron chi connectivity index (χ1n) is 9.37. The number of nitrogens with zero attached hydrogens (tertiary/aromatic N) is 2. The smallest absolute Gasteiger partial charge is 0.344 e. The van der Waals surface area contributed by atoms with Gasteiger partial charge in [0.05, 0.1) is 24.9 Å². The Balaban J connectivity index is 2.12. The molecule has 10 nitrogen and oxygen atoms in total. The summed E-state index contributed by atoms with van der Waals surface area (Å²) in [7, 11) is 1.15. The van der Waals surface area contributed by atoms with Crippen molar-refractivity contribution in [1.29, 1.82) is 5.26 Å². The Labute approximate surface area is 186 Å². The van der Waals surface area contributed by atoms with Gasteiger partial charge in [-0.15, -0.1) is 0 Å². The number of fused-ring (bicyclic) bond motifs is 3. The minimum atomic E-state index is -1.96. The Kier molecular flexibility index (Phi) is 5.02. The first-order chi connectivity index (χ1) is 15.3. The lowest BCUT2D eigenvalue weighted by Crippen LogP contribution is -2.51. The molecule has 3 heterocycles. The third-order valence-corrected chi connectivity index (χ3v) is 6.33. The van der Waals surface area contributed by atoms with Crippen LogP contribution in [0.15, 0.2) is 57.2 Å². The first-order valence-corrected chi connectivity index (χ1v) is 10.2. The molecule has 0 aliphatic carbocycles. The topological polar surface area (TPSA) is 152 Å². The molecule has 0 aromatic heterocycles. The summed E-state index contributed by atoms with van der Waals surface area (Å²) >= 11 is 0.735. The molecule has 0 saturated heterocycles. The van der Waals surface area contributed by atoms with Gasteiger partial charge in [-0.3, -0.25) is 14.5 Å². The van der Waals surface area contributed by atoms with Crippen molar-refractivity contribution in [3.8, 4) is 6.07 Å². The summed E-state index contributed by atoms with van der Waals surface area (Å²) in [5, 5.41) is 12.6. The minimum absolute atomic E-state index is 0.0334. The number of para-hydroxylation sites is 1. The second kappa shape index (κ2) is 7.58. The molecule has 11 heteroatoms. The summed E-state index contributed by atoms with van der Waals surface area (Å²) in [5.74, 6) is -3.52. The number of nitrogens with one attached hydrogen (secondary N) is 1. The zero-order chi connectivity index (χ0) is 23.2. The maximum atomic E-state index is 13.5. The number of thioether (sulfide) groups is 1. The zero-order valence-corrected chi connectivity index (χ0v) is 17.7. The van der Waals surface area contributed by atoms with Crippen molar-refractivity contribution in [3.63, 3.8) is 0 Å². The van der Waals surface area contributed by atoms with Crippen molar-refractivity contribution in [2.24, 2.45) is 5.73 Å². The minimum Gasteiger partial charge on any atom is -0.465 e. The highest BCUT2D eigenvalue weighted by molar-refractivity contribution is 8.07. The zero-order valence-electron chi connectivity index (χ0n) is 16.9. The van der Waals surface area contributed by atoms with Crippen LogP contribution in [0.1, 0.15) is 12.5 Å². The van der Waals surface area contributed by atoms with Crippen LogP contribution in [0.2, 0.25) is 0 Å². The normalized spacial score (nSPS) is 21.5. The Bertz CT molecular complexity index is 1240. The quantitative estimate of drug-likeness (QED) is 0.640. The standard InChI is InChI=1S/C21H16N4O6S/c1-3-31-19(28)15-17-25(14(26)8-13(32-17)18(27)30-2)16(23)11(9-22)21(15)10-6-4-5-7-12(10)24-20(21)29/h4-8H,3,23H2,1-2H3,(H,24,29)/t21-/m0/s1. The number of esters is 2. The van der Waals surface area contributed by atoms with Gasteiger partial charge in [-0.25, -0.2) is 9.59 Å². The SMILES string of the molecule is CCOC(=O)C1=C2SC(C(=O)OC)=CC(=O)N2C(N)=C(C#N)[C@]12C(=O)Nc1ccccc12. The molecule has 32 heavy (non-hydrogen) atoms. The van der Waals surface area contributed by atoms with Gasteiger partial charge in [-0.1, -0.05) is 30.0 Å². The first kappa shape index (κ1) is 21.2. The van der Waals surface area contributed by atoms with Crippen LogP contribution in [0.5, 0.6) is 0 Å². The van der Waals surface area contributed by atoms with E-state index < -0.39 is 29.2 Å². The van der Waals surface area contributed by atoms with Crippen LogP contribution in [0, 0.1) is 11.3 Å². The summed E-state index contributed by atoms with van der Waals surface area (Å²) in [5.41, 5.74) is 4.39. The van der Waals surface area contributed by atoms with Crippen LogP contribution in [-0.4, -0.2) is 42.4 Å². The number of hydrogen-bond donors (Lipinski definition) is 2. The van der Waals surface area contributed by atoms with E-state index in [2.05, 4.69) is 5.32 Å². The molecule has 1 atom stereocenters. The Morgan fingerprint density at radius 1 is 1.28 bits per heavy atom. The molecular formula is C21H16N4O6S. The van der Waals surface area contributed by atoms with Crippen molar-refractivity contribution >= 4 is 41.2 Å². The average Bonchev–Trinajstić information content (AvgIpc) is 3.05. The molecule has 0 saturated carbocycles. The van der Waals surface area contributed by atoms with Gasteiger partial charge in [0.1, 0.15) is 27.2 Å². The lowest BCUT2D eigenvalue weighted by Gasteiger charge is -2.40. The Hall–Kier alpha value is -4.04. The highest BCUT2D eigenvalue weighted by Gasteiger charge is 2.61. The molecule has 0 bridgehead atoms. The van der Waals surface area contributed by atoms with Crippen molar-refractivity contribution in [2.45, 2.75) is 12.3 Å². The van der Waals surface area contributed by atoms with Crippen LogP contribution in [0.25, 0.3) is 0 Å². The predicted molar refractivity (Wildman–Crippen MR) is 112 cm³/mol. The van der Waals surface area contributed by atoms with E-state index in [1.807, 2.05) is 6.07 Å². The summed E-state index contributed by atoms with van der Waals surface area (Å²) in [4.78, 5) is 52.6. The highest BCUT2D eigenvalue weighted by Crippen LogP contribution is 2.55. The Morgan fingerprint density at radius 2 is 2.00 bits per heavy atom. The summed E-state index contributed by atoms with van der Waals surface area (Å²) in [6, 6.07) is 8.44. The predicted octanol–water partition coefficient (Wildman–Crippen LogP) is 0.991. The number of benzene rings is 1. The second-order valence-electron chi connectivity index (χ2n) is 6.80. The van der Waals surface area contributed by atoms with E-state index >= 15 is 0 Å². The number of hydrogen-bond acceptors (Lipinski definition) is 9. The molecule has 3 N–H and O–H groups in total. The van der Waals surface area contributed by atoms with E-state index in [4.69, 9.17) is 15.2 Å². The molecular weight excluding hydrogens is 436 g/mol. The number of carbonyl (C=O) groups excluding carboxylic acids is 4. The molecule has 0 radical (unpaired) electrons. The van der Waals surface area contributed by atoms with Crippen LogP contribution in [-0.2, 0) is 34.1 Å². The fourth-order valence-corrected chi connectivity index (χ4v) is 5.13. The largest absolute Gasteiger partial charge is 0.465 e. The molecule has 3 aliphatic rings. The number of nitrogens with two attached hydrogens (primary N) is 1. The van der Waals surface area contributed by atoms with Gasteiger partial charge in [-0.05, 0) is 13.0 Å². The van der Waals surface area contributed by atoms with Gasteiger partial charge in [0.2, 0.25) is 5.91 Å². The van der Waals surface area contributed by atoms with Gasteiger partial charge in [0, 0.05) is 17.3 Å². The molecule has 4 rings (SSSR count). The van der Waals surface area contributed by atoms with E-state index in [1.165, 1.54) is 0 Å². The van der Waals surface area contributed by atoms with Crippen molar-refractivity contribution in [2.75, 3.05) is 19.0 Å². The van der Waals surface area contributed by atoms with Crippen LogP contribution < -0.4 is 11.1 Å². The van der Waals surface area contributed by atoms with E-state index in [0.29, 0.717) is 11.3 Å². The lowest BCUT2D eigenvalue weighted by atomic mass is 9.68. The van der Waals surface area contributed by atoms with E-state index in [9.17, 15) is 24.4 Å². The van der Waals surface area contributed by atoms with Crippen LogP contribution >= 0.6 is 11.8 Å². The second-order valence-corrected chi connectivity index (χ2v) is 7.83. The van der Waals surface area contributed by atoms with Crippen LogP contribution in [0.4, 0.5) is 5.69 Å². The van der Waals surface area contributed by atoms with Crippen molar-refractivity contribution < 1.29 is 28.7 Å². The summed E-state index contributed by atoms with van der Waals surface area (Å²) in [6.45, 7) is 1.54. The highest BCUT2D eigenvalue weighted by atomic mass is 32.2. The molecule has 0 unspecified atom stereocenters. The number of carbonyl (C=O) groups is 4. The number of ether oxygens (including phenoxy) is 2. The molecule has 3 aliphatic heterocycles. The Morgan fingerprint density at radius 3 is 2.66 bits per heavy atom. The molecule has 162 valence electrons. The third kappa shape index (κ3) is 2.66. The number of anilines is 1. The molecule has 1 aromatic rings. The van der Waals surface area contributed by atoms with E-state index in [-0.39, 0.29) is 33.5 Å². The average molecular weight is 452 g/mol. The van der Waals surface area contributed by atoms with Crippen molar-refractivity contribution in [3.05, 3.63) is 62.8 Å². The third-order valence-electron chi connectivity index (χ3n) is 5.24. The van der Waals surface area contributed by atoms with Gasteiger partial charge >= 0.3 is 11.9 Å². The maximum Gasteiger partial charge on any atom is 0.344 e. The summed E-state index contributed by atoms with van der Waals surface area (Å²) in [6.07, 6.45) is 0.991. The maximum absolute atomic E-state index is 13.5. The molecule has 1 aromatic carbocycles. The number of nitriles is 1. The molecule has 2 amide bonds. The molecule has 1 spiro atoms. The number of amides is 2. The molecule has 0 fully saturated rings. The fourth-order valence-electron chi connectivity index (χ4n) is 3.98. The van der Waals surface area contributed by atoms with E-state index in [1.54, 1.807) is 31.2 Å². The summed E-state index contributed by atoms with van der Waals surface area (Å²) < 4.78 is 9.94. The van der Waals surface area contributed by atoms with E-state index in [0.717, 1.165) is 29.8 Å². The number of rotatable bonds is 3. The fraction of sp³-hybridized carbons (Fsp3) is 0.190. The van der Waals surface area contributed by atoms with Gasteiger partial charge in [0.25, 0.3) is 5.91 Å². The van der Waals surface area contributed by atoms with Crippen molar-refractivity contribution in [1.82, 2.24) is 4.90 Å². The lowest BCUT2D eigenvalue weighted by molar-refractivity contribution is -0.140.